The molecule has 10 nitrogen and oxygen atoms in total. The minimum Gasteiger partial charge on any atom is -0.481 e. The number of hydrogen-bond donors (Lipinski definition) is 6. The van der Waals surface area contributed by atoms with E-state index in [0.717, 1.165) is 0 Å². The topological polar surface area (TPSA) is 201 Å². The molecule has 6 atom stereocenters. The molecular formula is C28H36F2N2O8. The molecule has 0 aromatic heterocycles. The van der Waals surface area contributed by atoms with Gasteiger partial charge in [0.25, 0.3) is 0 Å². The number of Topliss-reactive ketones (excluding diaryl/α,β-unsaturated/α-hetero) is 2. The highest BCUT2D eigenvalue weighted by Crippen LogP contribution is 2.17. The van der Waals surface area contributed by atoms with E-state index in [0.29, 0.717) is 11.1 Å². The van der Waals surface area contributed by atoms with Gasteiger partial charge in [0.1, 0.15) is 11.6 Å². The second-order valence-electron chi connectivity index (χ2n) is 9.61. The number of halogens is 2. The van der Waals surface area contributed by atoms with Crippen molar-refractivity contribution < 1.29 is 48.4 Å². The van der Waals surface area contributed by atoms with Crippen LogP contribution in [0.25, 0.3) is 0 Å². The highest BCUT2D eigenvalue weighted by molar-refractivity contribution is 5.88. The molecule has 0 unspecified atom stereocenters. The smallest absolute Gasteiger partial charge is 0.307 e. The van der Waals surface area contributed by atoms with Crippen LogP contribution in [-0.4, -0.2) is 68.2 Å². The lowest BCUT2D eigenvalue weighted by Gasteiger charge is -2.17. The predicted molar refractivity (Wildman–Crippen MR) is 141 cm³/mol. The van der Waals surface area contributed by atoms with E-state index in [4.69, 9.17) is 21.7 Å². The number of rotatable bonds is 14. The minimum atomic E-state index is -1.12. The van der Waals surface area contributed by atoms with Crippen molar-refractivity contribution in [2.24, 2.45) is 23.3 Å². The Hall–Kier alpha value is -3.58. The summed E-state index contributed by atoms with van der Waals surface area (Å²) in [6.07, 6.45) is -2.37. The molecule has 0 saturated carbocycles. The number of benzene rings is 2. The molecule has 2 aromatic carbocycles. The van der Waals surface area contributed by atoms with Gasteiger partial charge in [-0.2, -0.15) is 0 Å². The van der Waals surface area contributed by atoms with Crippen LogP contribution in [0.2, 0.25) is 0 Å². The third kappa shape index (κ3) is 12.1. The van der Waals surface area contributed by atoms with Crippen LogP contribution in [0.1, 0.15) is 37.8 Å². The van der Waals surface area contributed by atoms with Crippen LogP contribution in [0.3, 0.4) is 0 Å². The molecule has 0 bridgehead atoms. The number of carboxylic acids is 2. The molecular weight excluding hydrogens is 530 g/mol. The molecule has 0 amide bonds. The van der Waals surface area contributed by atoms with Gasteiger partial charge in [0.05, 0.1) is 36.1 Å². The lowest BCUT2D eigenvalue weighted by molar-refractivity contribution is -0.144. The number of hydrogen-bond acceptors (Lipinski definition) is 8. The highest BCUT2D eigenvalue weighted by atomic mass is 19.1. The van der Waals surface area contributed by atoms with E-state index in [2.05, 4.69) is 0 Å². The summed E-state index contributed by atoms with van der Waals surface area (Å²) in [6.45, 7) is 2.75. The van der Waals surface area contributed by atoms with Gasteiger partial charge in [-0.05, 0) is 62.1 Å². The summed E-state index contributed by atoms with van der Waals surface area (Å²) in [6, 6.07) is 8.66. The molecule has 0 aliphatic carbocycles. The average Bonchev–Trinajstić information content (AvgIpc) is 2.89. The van der Waals surface area contributed by atoms with Crippen molar-refractivity contribution in [1.29, 1.82) is 0 Å². The van der Waals surface area contributed by atoms with E-state index in [9.17, 15) is 38.2 Å². The quantitative estimate of drug-likeness (QED) is 0.194. The molecule has 0 radical (unpaired) electrons. The zero-order valence-electron chi connectivity index (χ0n) is 22.2. The summed E-state index contributed by atoms with van der Waals surface area (Å²) in [7, 11) is 0. The van der Waals surface area contributed by atoms with Crippen LogP contribution in [0.15, 0.2) is 48.5 Å². The lowest BCUT2D eigenvalue weighted by atomic mass is 9.91. The molecule has 0 aliphatic heterocycles. The molecule has 12 heteroatoms. The van der Waals surface area contributed by atoms with Gasteiger partial charge < -0.3 is 31.9 Å². The van der Waals surface area contributed by atoms with Gasteiger partial charge >= 0.3 is 11.9 Å². The zero-order valence-corrected chi connectivity index (χ0v) is 22.2. The van der Waals surface area contributed by atoms with Crippen LogP contribution >= 0.6 is 0 Å². The molecule has 8 N–H and O–H groups in total. The molecule has 0 spiro atoms. The first-order chi connectivity index (χ1) is 18.6. The Morgan fingerprint density at radius 1 is 0.650 bits per heavy atom. The van der Waals surface area contributed by atoms with Gasteiger partial charge in [0, 0.05) is 12.8 Å². The number of ketones is 2. The van der Waals surface area contributed by atoms with E-state index < -0.39 is 71.3 Å². The summed E-state index contributed by atoms with van der Waals surface area (Å²) >= 11 is 0. The SMILES string of the molecule is C[C@@H](O)[C@H](N)C(=O)C[C@@H](Cc1ccc(F)cc1)C(=O)O.C[C@@H](O)[C@H](N)C(=O)C[C@H](Cc1ccc(F)cc1)C(=O)O. The first-order valence-corrected chi connectivity index (χ1v) is 12.5. The average molecular weight is 567 g/mol. The number of aliphatic hydroxyl groups excluding tert-OH is 2. The summed E-state index contributed by atoms with van der Waals surface area (Å²) in [5.41, 5.74) is 12.2. The number of carbonyl (C=O) groups excluding carboxylic acids is 2. The van der Waals surface area contributed by atoms with E-state index >= 15 is 0 Å². The van der Waals surface area contributed by atoms with Crippen LogP contribution < -0.4 is 11.5 Å². The third-order valence-corrected chi connectivity index (χ3v) is 6.17. The maximum Gasteiger partial charge on any atom is 0.307 e. The van der Waals surface area contributed by atoms with E-state index in [1.165, 1.54) is 62.4 Å². The number of aliphatic carboxylic acids is 2. The summed E-state index contributed by atoms with van der Waals surface area (Å²) in [5.74, 6) is -5.97. The standard InChI is InChI=1S/2C14H18FNO4/c2*1-8(17)13(16)12(18)7-10(14(19)20)6-9-2-4-11(15)5-3-9/h2*2-5,8,10,13,17H,6-7,16H2,1H3,(H,19,20)/t8-,10+,13+;8-,10-,13+/m11/s1. The Bertz CT molecular complexity index is 1030. The first-order valence-electron chi connectivity index (χ1n) is 12.5. The Balaban J connectivity index is 0.000000400. The van der Waals surface area contributed by atoms with Crippen LogP contribution in [0.5, 0.6) is 0 Å². The van der Waals surface area contributed by atoms with Crippen molar-refractivity contribution >= 4 is 23.5 Å². The fourth-order valence-corrected chi connectivity index (χ4v) is 3.60. The van der Waals surface area contributed by atoms with Crippen molar-refractivity contribution in [1.82, 2.24) is 0 Å². The van der Waals surface area contributed by atoms with Gasteiger partial charge in [-0.3, -0.25) is 19.2 Å². The Morgan fingerprint density at radius 3 is 1.15 bits per heavy atom. The maximum absolute atomic E-state index is 12.8. The number of aliphatic hydroxyl groups is 2. The zero-order chi connectivity index (χ0) is 30.6. The molecule has 2 aromatic rings. The first kappa shape index (κ1) is 34.4. The van der Waals surface area contributed by atoms with Crippen molar-refractivity contribution in [3.8, 4) is 0 Å². The minimum absolute atomic E-state index is 0.105. The lowest BCUT2D eigenvalue weighted by Crippen LogP contribution is -2.41. The molecule has 220 valence electrons. The largest absolute Gasteiger partial charge is 0.481 e. The molecule has 2 rings (SSSR count). The summed E-state index contributed by atoms with van der Waals surface area (Å²) < 4.78 is 25.5. The van der Waals surface area contributed by atoms with Crippen LogP contribution in [0, 0.1) is 23.5 Å². The highest BCUT2D eigenvalue weighted by Gasteiger charge is 2.28. The number of nitrogens with two attached hydrogens (primary N) is 2. The fraction of sp³-hybridized carbons (Fsp3) is 0.429. The van der Waals surface area contributed by atoms with Crippen molar-refractivity contribution in [3.63, 3.8) is 0 Å². The second-order valence-corrected chi connectivity index (χ2v) is 9.61. The van der Waals surface area contributed by atoms with Crippen LogP contribution in [0.4, 0.5) is 8.78 Å². The maximum atomic E-state index is 12.8. The van der Waals surface area contributed by atoms with Gasteiger partial charge in [-0.15, -0.1) is 0 Å². The molecule has 40 heavy (non-hydrogen) atoms. The van der Waals surface area contributed by atoms with E-state index in [1.54, 1.807) is 0 Å². The van der Waals surface area contributed by atoms with Gasteiger partial charge in [-0.1, -0.05) is 24.3 Å². The Morgan fingerprint density at radius 2 is 0.925 bits per heavy atom. The van der Waals surface area contributed by atoms with Crippen molar-refractivity contribution in [3.05, 3.63) is 71.3 Å². The van der Waals surface area contributed by atoms with Crippen molar-refractivity contribution in [2.75, 3.05) is 0 Å². The fourth-order valence-electron chi connectivity index (χ4n) is 3.60. The van der Waals surface area contributed by atoms with Gasteiger partial charge in [0.2, 0.25) is 0 Å². The summed E-state index contributed by atoms with van der Waals surface area (Å²) in [4.78, 5) is 45.8. The third-order valence-electron chi connectivity index (χ3n) is 6.17. The van der Waals surface area contributed by atoms with Crippen molar-refractivity contribution in [2.45, 2.75) is 63.8 Å². The Kier molecular flexibility index (Phi) is 14.2. The Labute approximate surface area is 230 Å². The van der Waals surface area contributed by atoms with E-state index in [-0.39, 0.29) is 25.7 Å². The summed E-state index contributed by atoms with van der Waals surface area (Å²) in [5, 5.41) is 36.7. The number of carbonyl (C=O) groups is 4. The number of carboxylic acid groups (broad SMARTS) is 2. The predicted octanol–water partition coefficient (Wildman–Crippen LogP) is 1.47. The second kappa shape index (κ2) is 16.5. The molecule has 0 saturated heterocycles. The monoisotopic (exact) mass is 566 g/mol. The van der Waals surface area contributed by atoms with Gasteiger partial charge in [-0.25, -0.2) is 8.78 Å². The molecule has 0 heterocycles. The molecule has 0 fully saturated rings. The normalized spacial score (nSPS) is 15.4. The van der Waals surface area contributed by atoms with Crippen LogP contribution in [-0.2, 0) is 32.0 Å². The molecule has 0 aliphatic rings. The van der Waals surface area contributed by atoms with Gasteiger partial charge in [0.15, 0.2) is 11.6 Å². The van der Waals surface area contributed by atoms with E-state index in [1.807, 2.05) is 0 Å².